The third-order valence-corrected chi connectivity index (χ3v) is 0. The molecule has 0 unspecified atom stereocenters. The Morgan fingerprint density at radius 3 is 0.556 bits per heavy atom. The largest absolute Gasteiger partial charge is 2.00 e. The van der Waals surface area contributed by atoms with E-state index in [1.807, 2.05) is 0 Å². The first-order valence-electron chi connectivity index (χ1n) is 0. The third-order valence-electron chi connectivity index (χ3n) is 0. The van der Waals surface area contributed by atoms with Crippen molar-refractivity contribution in [3.63, 3.8) is 0 Å². The summed E-state index contributed by atoms with van der Waals surface area (Å²) in [7, 11) is 0. The van der Waals surface area contributed by atoms with E-state index in [2.05, 4.69) is 0 Å². The quantitative estimate of drug-likeness (QED) is 0.559. The Hall–Kier alpha value is 1.22. The van der Waals surface area contributed by atoms with Gasteiger partial charge in [-0.2, -0.15) is 0 Å². The average Bonchev–Trinajstić information content (AvgIpc) is 0. The van der Waals surface area contributed by atoms with Gasteiger partial charge in [0.25, 0.3) is 0 Å². The molecule has 0 aliphatic heterocycles. The van der Waals surface area contributed by atoms with Crippen LogP contribution in [0.4, 0.5) is 0 Å². The zero-order valence-electron chi connectivity index (χ0n) is 2.84. The van der Waals surface area contributed by atoms with Crippen LogP contribution < -0.4 is 0 Å². The number of hydrogen-bond donors (Lipinski definition) is 0. The summed E-state index contributed by atoms with van der Waals surface area (Å²) in [4.78, 5) is 0. The standard InChI is InChI=1S/3CH4.4H2O.Sn.V/h3*1H4;4*1H2;;/q;;;;;;;;+2/p-2. The van der Waals surface area contributed by atoms with E-state index in [0.29, 0.717) is 0 Å². The molecule has 0 bridgehead atoms. The summed E-state index contributed by atoms with van der Waals surface area (Å²) in [5, 5.41) is 0. The SMILES string of the molecule is C.C.C.O.O.[OH-].[OH-].[Sn].[V+2]. The molecule has 0 aromatic carbocycles. The van der Waals surface area contributed by atoms with Crippen LogP contribution in [0, 0.1) is 0 Å². The Morgan fingerprint density at radius 2 is 0.556 bits per heavy atom. The van der Waals surface area contributed by atoms with E-state index in [-0.39, 0.29) is 86.6 Å². The van der Waals surface area contributed by atoms with Crippen molar-refractivity contribution in [2.45, 2.75) is 22.3 Å². The minimum Gasteiger partial charge on any atom is -0.870 e. The predicted molar refractivity (Wildman–Crippen MR) is 37.0 cm³/mol. The van der Waals surface area contributed by atoms with Gasteiger partial charge in [0.15, 0.2) is 0 Å². The molecule has 63 valence electrons. The van der Waals surface area contributed by atoms with Crippen LogP contribution in [-0.2, 0) is 18.6 Å². The monoisotopic (exact) mass is 289 g/mol. The van der Waals surface area contributed by atoms with Gasteiger partial charge in [-0.05, 0) is 0 Å². The Morgan fingerprint density at radius 1 is 0.556 bits per heavy atom. The van der Waals surface area contributed by atoms with Gasteiger partial charge < -0.3 is 21.9 Å². The molecule has 0 aliphatic rings. The summed E-state index contributed by atoms with van der Waals surface area (Å²) in [6.45, 7) is 0. The molecule has 0 spiro atoms. The van der Waals surface area contributed by atoms with Crippen molar-refractivity contribution >= 4 is 23.9 Å². The molecule has 0 saturated heterocycles. The second-order valence-corrected chi connectivity index (χ2v) is 0. The minimum absolute atomic E-state index is 0. The van der Waals surface area contributed by atoms with Crippen LogP contribution in [0.25, 0.3) is 0 Å². The molecule has 0 atom stereocenters. The fraction of sp³-hybridized carbons (Fsp3) is 1.00. The Kier molecular flexibility index (Phi) is 26900. The zero-order valence-corrected chi connectivity index (χ0v) is 7.09. The van der Waals surface area contributed by atoms with Crippen LogP contribution in [0.3, 0.4) is 0 Å². The van der Waals surface area contributed by atoms with E-state index in [1.165, 1.54) is 0 Å². The predicted octanol–water partition coefficient (Wildman–Crippen LogP) is -0.478. The van der Waals surface area contributed by atoms with Gasteiger partial charge in [0, 0.05) is 23.9 Å². The van der Waals surface area contributed by atoms with Gasteiger partial charge in [-0.25, -0.2) is 0 Å². The Bertz CT molecular complexity index is 15.8. The van der Waals surface area contributed by atoms with Gasteiger partial charge in [0.2, 0.25) is 0 Å². The van der Waals surface area contributed by atoms with Crippen molar-refractivity contribution in [2.24, 2.45) is 0 Å². The normalized spacial score (nSPS) is 0. The summed E-state index contributed by atoms with van der Waals surface area (Å²) in [6, 6.07) is 0. The third kappa shape index (κ3) is 322. The fourth-order valence-corrected chi connectivity index (χ4v) is 0. The Balaban J connectivity index is 0. The zero-order chi connectivity index (χ0) is 0. The molecule has 6 heteroatoms. The maximum absolute atomic E-state index is 0. The van der Waals surface area contributed by atoms with Crippen LogP contribution in [-0.4, -0.2) is 45.8 Å². The molecule has 0 fully saturated rings. The molecule has 0 saturated carbocycles. The van der Waals surface area contributed by atoms with E-state index in [9.17, 15) is 0 Å². The summed E-state index contributed by atoms with van der Waals surface area (Å²) < 4.78 is 0. The van der Waals surface area contributed by atoms with Gasteiger partial charge in [-0.1, -0.05) is 22.3 Å². The van der Waals surface area contributed by atoms with Crippen molar-refractivity contribution in [2.75, 3.05) is 0 Å². The maximum atomic E-state index is 0. The van der Waals surface area contributed by atoms with Crippen LogP contribution in [0.15, 0.2) is 0 Å². The van der Waals surface area contributed by atoms with Gasteiger partial charge in [-0.15, -0.1) is 0 Å². The van der Waals surface area contributed by atoms with Crippen molar-refractivity contribution in [3.8, 4) is 0 Å². The van der Waals surface area contributed by atoms with Crippen molar-refractivity contribution in [1.82, 2.24) is 0 Å². The number of rotatable bonds is 0. The summed E-state index contributed by atoms with van der Waals surface area (Å²) in [5.74, 6) is 0. The summed E-state index contributed by atoms with van der Waals surface area (Å²) in [5.41, 5.74) is 0. The van der Waals surface area contributed by atoms with E-state index < -0.39 is 0 Å². The van der Waals surface area contributed by atoms with Crippen molar-refractivity contribution in [3.05, 3.63) is 0 Å². The van der Waals surface area contributed by atoms with Crippen LogP contribution in [0.5, 0.6) is 0 Å². The maximum Gasteiger partial charge on any atom is 2.00 e. The van der Waals surface area contributed by atoms with Crippen molar-refractivity contribution in [1.29, 1.82) is 0 Å². The first kappa shape index (κ1) is 581. The van der Waals surface area contributed by atoms with E-state index in [1.54, 1.807) is 0 Å². The summed E-state index contributed by atoms with van der Waals surface area (Å²) >= 11 is 0. The Labute approximate surface area is 86.5 Å². The van der Waals surface area contributed by atoms with Gasteiger partial charge in [0.1, 0.15) is 0 Å². The molecule has 0 aromatic heterocycles. The minimum atomic E-state index is 0. The average molecular weight is 288 g/mol. The smallest absolute Gasteiger partial charge is 0.870 e. The second kappa shape index (κ2) is 417. The van der Waals surface area contributed by atoms with E-state index in [4.69, 9.17) is 0 Å². The molecule has 0 aromatic rings. The van der Waals surface area contributed by atoms with Gasteiger partial charge in [0.05, 0.1) is 0 Å². The molecule has 5 radical (unpaired) electrons. The molecule has 9 heavy (non-hydrogen) atoms. The molecule has 0 amide bonds. The van der Waals surface area contributed by atoms with Crippen molar-refractivity contribution < 1.29 is 40.5 Å². The molecule has 0 heterocycles. The topological polar surface area (TPSA) is 123 Å². The molecule has 6 N–H and O–H groups in total. The first-order chi connectivity index (χ1) is 0. The fourth-order valence-electron chi connectivity index (χ4n) is 0. The molecule has 0 rings (SSSR count). The van der Waals surface area contributed by atoms with Gasteiger partial charge >= 0.3 is 18.6 Å². The van der Waals surface area contributed by atoms with Crippen LogP contribution in [0.1, 0.15) is 22.3 Å². The molecular weight excluding hydrogens is 270 g/mol. The van der Waals surface area contributed by atoms with Crippen LogP contribution in [0.2, 0.25) is 0 Å². The summed E-state index contributed by atoms with van der Waals surface area (Å²) in [6.07, 6.45) is 0. The van der Waals surface area contributed by atoms with E-state index >= 15 is 0 Å². The molecule has 0 aliphatic carbocycles. The number of hydrogen-bond acceptors (Lipinski definition) is 2. The first-order valence-corrected chi connectivity index (χ1v) is 0. The second-order valence-electron chi connectivity index (χ2n) is 0. The van der Waals surface area contributed by atoms with Crippen LogP contribution >= 0.6 is 0 Å². The van der Waals surface area contributed by atoms with E-state index in [0.717, 1.165) is 0 Å². The van der Waals surface area contributed by atoms with Gasteiger partial charge in [-0.3, -0.25) is 0 Å². The molecular formula is C3H18O4SnV. The molecule has 4 nitrogen and oxygen atoms in total.